The van der Waals surface area contributed by atoms with E-state index in [1.807, 2.05) is 58.0 Å². The molecule has 0 saturated heterocycles. The number of hydrogen-bond donors (Lipinski definition) is 2. The predicted octanol–water partition coefficient (Wildman–Crippen LogP) is 4.42. The molecule has 6 nitrogen and oxygen atoms in total. The topological polar surface area (TPSA) is 77.4 Å². The first-order valence-corrected chi connectivity index (χ1v) is 10.8. The van der Waals surface area contributed by atoms with E-state index in [1.54, 1.807) is 19.4 Å². The van der Waals surface area contributed by atoms with Gasteiger partial charge in [-0.05, 0) is 63.6 Å². The fourth-order valence-corrected chi connectivity index (χ4v) is 4.45. The number of ether oxygens (including phenoxy) is 4. The molecule has 0 aromatic heterocycles. The van der Waals surface area contributed by atoms with E-state index < -0.39 is 23.4 Å². The molecule has 3 aliphatic heterocycles. The Hall–Kier alpha value is -2.96. The van der Waals surface area contributed by atoms with Crippen LogP contribution in [0.5, 0.6) is 23.0 Å². The van der Waals surface area contributed by atoms with Crippen molar-refractivity contribution in [2.45, 2.75) is 57.5 Å². The lowest BCUT2D eigenvalue weighted by molar-refractivity contribution is -0.0413. The lowest BCUT2D eigenvalue weighted by Crippen LogP contribution is -2.46. The number of aliphatic hydroxyl groups excluding tert-OH is 2. The molecule has 0 amide bonds. The molecular formula is C26H28O6. The molecule has 2 N–H and O–H groups in total. The van der Waals surface area contributed by atoms with Crippen molar-refractivity contribution in [1.82, 2.24) is 0 Å². The van der Waals surface area contributed by atoms with Gasteiger partial charge in [-0.2, -0.15) is 0 Å². The van der Waals surface area contributed by atoms with Gasteiger partial charge in [0.2, 0.25) is 0 Å². The lowest BCUT2D eigenvalue weighted by atomic mass is 9.87. The number of benzene rings is 2. The van der Waals surface area contributed by atoms with E-state index in [0.717, 1.165) is 22.4 Å². The maximum atomic E-state index is 11.3. The normalized spacial score (nSPS) is 24.0. The van der Waals surface area contributed by atoms with E-state index in [4.69, 9.17) is 18.9 Å². The minimum absolute atomic E-state index is 0.397. The van der Waals surface area contributed by atoms with Gasteiger partial charge in [-0.3, -0.25) is 0 Å². The van der Waals surface area contributed by atoms with E-state index in [9.17, 15) is 10.2 Å². The van der Waals surface area contributed by atoms with Crippen LogP contribution in [0.3, 0.4) is 0 Å². The molecule has 2 aromatic rings. The van der Waals surface area contributed by atoms with Gasteiger partial charge < -0.3 is 29.2 Å². The molecule has 0 radical (unpaired) electrons. The zero-order valence-electron chi connectivity index (χ0n) is 18.9. The third kappa shape index (κ3) is 3.26. The van der Waals surface area contributed by atoms with Gasteiger partial charge in [0.25, 0.3) is 0 Å². The molecule has 168 valence electrons. The summed E-state index contributed by atoms with van der Waals surface area (Å²) < 4.78 is 23.7. The summed E-state index contributed by atoms with van der Waals surface area (Å²) in [6.07, 6.45) is 4.42. The van der Waals surface area contributed by atoms with Crippen molar-refractivity contribution in [1.29, 1.82) is 0 Å². The van der Waals surface area contributed by atoms with Crippen LogP contribution in [0.25, 0.3) is 11.6 Å². The van der Waals surface area contributed by atoms with Gasteiger partial charge in [-0.15, -0.1) is 0 Å². The molecule has 0 aliphatic carbocycles. The first-order valence-electron chi connectivity index (χ1n) is 10.8. The second kappa shape index (κ2) is 7.02. The number of fused-ring (bicyclic) bond motifs is 3. The Morgan fingerprint density at radius 2 is 1.78 bits per heavy atom. The van der Waals surface area contributed by atoms with Crippen LogP contribution >= 0.6 is 0 Å². The maximum Gasteiger partial charge on any atom is 0.137 e. The Kier molecular flexibility index (Phi) is 4.59. The largest absolute Gasteiger partial charge is 0.495 e. The van der Waals surface area contributed by atoms with Crippen molar-refractivity contribution in [2.75, 3.05) is 7.11 Å². The summed E-state index contributed by atoms with van der Waals surface area (Å²) in [4.78, 5) is 0. The zero-order chi connectivity index (χ0) is 22.8. The maximum absolute atomic E-state index is 11.3. The summed E-state index contributed by atoms with van der Waals surface area (Å²) in [5, 5.41) is 21.7. The van der Waals surface area contributed by atoms with Crippen LogP contribution in [0.4, 0.5) is 0 Å². The highest BCUT2D eigenvalue weighted by molar-refractivity contribution is 5.82. The second-order valence-electron chi connectivity index (χ2n) is 9.61. The van der Waals surface area contributed by atoms with Crippen molar-refractivity contribution >= 4 is 11.6 Å². The monoisotopic (exact) mass is 436 g/mol. The average molecular weight is 437 g/mol. The van der Waals surface area contributed by atoms with Crippen LogP contribution in [-0.2, 0) is 6.42 Å². The van der Waals surface area contributed by atoms with Gasteiger partial charge in [0.05, 0.1) is 25.0 Å². The smallest absolute Gasteiger partial charge is 0.137 e. The van der Waals surface area contributed by atoms with Crippen molar-refractivity contribution in [3.63, 3.8) is 0 Å². The van der Waals surface area contributed by atoms with Crippen LogP contribution in [0.2, 0.25) is 0 Å². The van der Waals surface area contributed by atoms with E-state index >= 15 is 0 Å². The predicted molar refractivity (Wildman–Crippen MR) is 121 cm³/mol. The Labute approximate surface area is 187 Å². The van der Waals surface area contributed by atoms with E-state index in [2.05, 4.69) is 0 Å². The number of methoxy groups -OCH3 is 1. The Bertz CT molecular complexity index is 1160. The van der Waals surface area contributed by atoms with Crippen molar-refractivity contribution in [2.24, 2.45) is 0 Å². The molecule has 3 aliphatic rings. The molecule has 5 rings (SSSR count). The highest BCUT2D eigenvalue weighted by atomic mass is 16.5. The lowest BCUT2D eigenvalue weighted by Gasteiger charge is -2.38. The van der Waals surface area contributed by atoms with Crippen molar-refractivity contribution in [3.8, 4) is 23.0 Å². The van der Waals surface area contributed by atoms with Crippen LogP contribution in [-0.4, -0.2) is 34.6 Å². The van der Waals surface area contributed by atoms with Gasteiger partial charge in [0.1, 0.15) is 40.3 Å². The van der Waals surface area contributed by atoms with Crippen LogP contribution in [0.1, 0.15) is 56.1 Å². The minimum atomic E-state index is -0.923. The summed E-state index contributed by atoms with van der Waals surface area (Å²) in [6, 6.07) is 7.42. The van der Waals surface area contributed by atoms with Crippen LogP contribution < -0.4 is 18.9 Å². The first kappa shape index (κ1) is 20.9. The summed E-state index contributed by atoms with van der Waals surface area (Å²) in [6.45, 7) is 7.70. The third-order valence-electron chi connectivity index (χ3n) is 6.38. The summed E-state index contributed by atoms with van der Waals surface area (Å²) in [5.41, 5.74) is 2.54. The average Bonchev–Trinajstić information content (AvgIpc) is 2.72. The van der Waals surface area contributed by atoms with Gasteiger partial charge in [0.15, 0.2) is 0 Å². The molecule has 0 saturated carbocycles. The molecule has 0 fully saturated rings. The Morgan fingerprint density at radius 3 is 2.53 bits per heavy atom. The quantitative estimate of drug-likeness (QED) is 0.726. The summed E-state index contributed by atoms with van der Waals surface area (Å²) in [7, 11) is 1.61. The Morgan fingerprint density at radius 1 is 1.00 bits per heavy atom. The van der Waals surface area contributed by atoms with Gasteiger partial charge in [0, 0.05) is 29.2 Å². The standard InChI is InChI=1S/C26H28O6/c1-25(2)9-8-16-19(31-25)7-6-15(24(16)29-5)18-13-30-21-12-20-14(10-17(21)23(18)28)11-22(27)26(3,4)32-20/h6-10,12-13,22-23,27-28H,11H2,1-5H3. The highest BCUT2D eigenvalue weighted by Gasteiger charge is 2.38. The van der Waals surface area contributed by atoms with Crippen LogP contribution in [0, 0.1) is 0 Å². The van der Waals surface area contributed by atoms with E-state index in [1.165, 1.54) is 0 Å². The second-order valence-corrected chi connectivity index (χ2v) is 9.61. The van der Waals surface area contributed by atoms with Gasteiger partial charge in [-0.1, -0.05) is 0 Å². The highest BCUT2D eigenvalue weighted by Crippen LogP contribution is 2.48. The molecule has 0 spiro atoms. The van der Waals surface area contributed by atoms with E-state index in [0.29, 0.717) is 34.8 Å². The number of rotatable bonds is 2. The molecule has 32 heavy (non-hydrogen) atoms. The molecule has 2 atom stereocenters. The van der Waals surface area contributed by atoms with Gasteiger partial charge in [-0.25, -0.2) is 0 Å². The fourth-order valence-electron chi connectivity index (χ4n) is 4.45. The third-order valence-corrected chi connectivity index (χ3v) is 6.38. The molecule has 0 bridgehead atoms. The number of aliphatic hydroxyl groups is 2. The van der Waals surface area contributed by atoms with E-state index in [-0.39, 0.29) is 0 Å². The molecule has 6 heteroatoms. The molecular weight excluding hydrogens is 408 g/mol. The Balaban J connectivity index is 1.55. The minimum Gasteiger partial charge on any atom is -0.495 e. The van der Waals surface area contributed by atoms with Crippen molar-refractivity contribution < 1.29 is 29.2 Å². The first-order chi connectivity index (χ1) is 15.1. The zero-order valence-corrected chi connectivity index (χ0v) is 18.9. The van der Waals surface area contributed by atoms with Gasteiger partial charge >= 0.3 is 0 Å². The summed E-state index contributed by atoms with van der Waals surface area (Å²) in [5.74, 6) is 2.55. The molecule has 3 heterocycles. The van der Waals surface area contributed by atoms with Crippen molar-refractivity contribution in [3.05, 3.63) is 58.9 Å². The fraction of sp³-hybridized carbons (Fsp3) is 0.385. The van der Waals surface area contributed by atoms with Crippen LogP contribution in [0.15, 0.2) is 36.6 Å². The SMILES string of the molecule is COc1c(C2=COc3cc4c(cc3C2O)CC(O)C(C)(C)O4)ccc2c1C=CC(C)(C)O2. The summed E-state index contributed by atoms with van der Waals surface area (Å²) >= 11 is 0. The molecule has 2 unspecified atom stereocenters. The number of hydrogen-bond acceptors (Lipinski definition) is 6. The molecule has 2 aromatic carbocycles.